The molecule has 1 rings (SSSR count). The van der Waals surface area contributed by atoms with E-state index in [1.807, 2.05) is 11.8 Å². The van der Waals surface area contributed by atoms with E-state index in [-0.39, 0.29) is 0 Å². The molecule has 0 saturated heterocycles. The van der Waals surface area contributed by atoms with Crippen LogP contribution in [0.5, 0.6) is 0 Å². The van der Waals surface area contributed by atoms with Crippen LogP contribution < -0.4 is 5.32 Å². The Morgan fingerprint density at radius 3 is 2.21 bits per heavy atom. The fourth-order valence-corrected chi connectivity index (χ4v) is 2.64. The summed E-state index contributed by atoms with van der Waals surface area (Å²) in [6.07, 6.45) is 0. The predicted octanol–water partition coefficient (Wildman–Crippen LogP) is 3.27. The summed E-state index contributed by atoms with van der Waals surface area (Å²) in [6, 6.07) is 4.50. The van der Waals surface area contributed by atoms with Gasteiger partial charge in [-0.3, -0.25) is 0 Å². The standard InChI is InChI=1S/C12H19NS/c1-5-13-8-14-12-10(3)6-9(2)7-11(12)4/h6-7,13H,5,8H2,1-4H3. The largest absolute Gasteiger partial charge is 0.308 e. The average Bonchev–Trinajstić information content (AvgIpc) is 2.09. The van der Waals surface area contributed by atoms with Gasteiger partial charge in [0, 0.05) is 10.8 Å². The molecule has 1 nitrogen and oxygen atoms in total. The van der Waals surface area contributed by atoms with Gasteiger partial charge in [0.1, 0.15) is 0 Å². The first-order valence-electron chi connectivity index (χ1n) is 5.06. The molecular formula is C12H19NS. The molecule has 0 aliphatic rings. The monoisotopic (exact) mass is 209 g/mol. The molecule has 0 radical (unpaired) electrons. The summed E-state index contributed by atoms with van der Waals surface area (Å²) in [5.74, 6) is 1.00. The maximum absolute atomic E-state index is 3.33. The van der Waals surface area contributed by atoms with Crippen molar-refractivity contribution >= 4 is 11.8 Å². The van der Waals surface area contributed by atoms with Crippen LogP contribution in [0.25, 0.3) is 0 Å². The van der Waals surface area contributed by atoms with E-state index in [0.717, 1.165) is 12.4 Å². The molecule has 0 heterocycles. The van der Waals surface area contributed by atoms with E-state index in [0.29, 0.717) is 0 Å². The van der Waals surface area contributed by atoms with Gasteiger partial charge in [-0.2, -0.15) is 0 Å². The zero-order valence-corrected chi connectivity index (χ0v) is 10.3. The molecule has 0 bridgehead atoms. The number of aryl methyl sites for hydroxylation is 3. The molecule has 2 heteroatoms. The third kappa shape index (κ3) is 3.03. The van der Waals surface area contributed by atoms with Crippen molar-refractivity contribution in [3.8, 4) is 0 Å². The normalized spacial score (nSPS) is 10.6. The lowest BCUT2D eigenvalue weighted by Gasteiger charge is -2.10. The summed E-state index contributed by atoms with van der Waals surface area (Å²) in [5, 5.41) is 3.33. The van der Waals surface area contributed by atoms with E-state index in [1.165, 1.54) is 21.6 Å². The quantitative estimate of drug-likeness (QED) is 0.464. The van der Waals surface area contributed by atoms with Crippen LogP contribution in [0.1, 0.15) is 23.6 Å². The predicted molar refractivity (Wildman–Crippen MR) is 65.1 cm³/mol. The number of thioether (sulfide) groups is 1. The van der Waals surface area contributed by atoms with Crippen molar-refractivity contribution in [2.24, 2.45) is 0 Å². The van der Waals surface area contributed by atoms with Crippen molar-refractivity contribution < 1.29 is 0 Å². The number of nitrogens with one attached hydrogen (secondary N) is 1. The number of hydrogen-bond acceptors (Lipinski definition) is 2. The minimum atomic E-state index is 1.00. The van der Waals surface area contributed by atoms with E-state index < -0.39 is 0 Å². The molecule has 78 valence electrons. The Morgan fingerprint density at radius 1 is 1.14 bits per heavy atom. The summed E-state index contributed by atoms with van der Waals surface area (Å²) in [6.45, 7) is 9.70. The highest BCUT2D eigenvalue weighted by Crippen LogP contribution is 2.26. The van der Waals surface area contributed by atoms with Crippen LogP contribution in [-0.4, -0.2) is 12.4 Å². The van der Waals surface area contributed by atoms with Gasteiger partial charge in [-0.25, -0.2) is 0 Å². The molecule has 14 heavy (non-hydrogen) atoms. The van der Waals surface area contributed by atoms with Crippen LogP contribution in [0.4, 0.5) is 0 Å². The first-order valence-corrected chi connectivity index (χ1v) is 6.05. The molecule has 0 spiro atoms. The summed E-state index contributed by atoms with van der Waals surface area (Å²) in [4.78, 5) is 1.43. The molecule has 1 aromatic carbocycles. The molecular weight excluding hydrogens is 190 g/mol. The average molecular weight is 209 g/mol. The highest BCUT2D eigenvalue weighted by Gasteiger charge is 2.03. The van der Waals surface area contributed by atoms with Crippen molar-refractivity contribution in [3.05, 3.63) is 28.8 Å². The topological polar surface area (TPSA) is 12.0 Å². The van der Waals surface area contributed by atoms with E-state index in [2.05, 4.69) is 45.1 Å². The van der Waals surface area contributed by atoms with Crippen LogP contribution in [0.2, 0.25) is 0 Å². The Labute approximate surface area is 91.3 Å². The minimum absolute atomic E-state index is 1.00. The number of benzene rings is 1. The van der Waals surface area contributed by atoms with Gasteiger partial charge in [-0.05, 0) is 38.4 Å². The lowest BCUT2D eigenvalue weighted by Crippen LogP contribution is -2.11. The molecule has 1 N–H and O–H groups in total. The Kier molecular flexibility index (Phi) is 4.49. The molecule has 0 aliphatic heterocycles. The highest BCUT2D eigenvalue weighted by molar-refractivity contribution is 7.99. The van der Waals surface area contributed by atoms with Gasteiger partial charge < -0.3 is 5.32 Å². The van der Waals surface area contributed by atoms with Gasteiger partial charge in [0.25, 0.3) is 0 Å². The van der Waals surface area contributed by atoms with Crippen LogP contribution in [0, 0.1) is 20.8 Å². The van der Waals surface area contributed by atoms with Crippen molar-refractivity contribution in [1.29, 1.82) is 0 Å². The highest BCUT2D eigenvalue weighted by atomic mass is 32.2. The van der Waals surface area contributed by atoms with Gasteiger partial charge in [0.15, 0.2) is 0 Å². The maximum Gasteiger partial charge on any atom is 0.0465 e. The van der Waals surface area contributed by atoms with Crippen LogP contribution in [0.15, 0.2) is 17.0 Å². The van der Waals surface area contributed by atoms with Crippen LogP contribution in [-0.2, 0) is 0 Å². The second kappa shape index (κ2) is 5.42. The molecule has 0 amide bonds. The van der Waals surface area contributed by atoms with Gasteiger partial charge >= 0.3 is 0 Å². The van der Waals surface area contributed by atoms with Gasteiger partial charge in [-0.15, -0.1) is 11.8 Å². The Bertz CT molecular complexity index is 284. The molecule has 0 fully saturated rings. The fourth-order valence-electron chi connectivity index (χ4n) is 1.62. The first-order chi connectivity index (χ1) is 6.65. The maximum atomic E-state index is 3.33. The van der Waals surface area contributed by atoms with E-state index >= 15 is 0 Å². The van der Waals surface area contributed by atoms with Gasteiger partial charge in [0.05, 0.1) is 0 Å². The van der Waals surface area contributed by atoms with Crippen molar-refractivity contribution in [2.45, 2.75) is 32.6 Å². The van der Waals surface area contributed by atoms with Gasteiger partial charge in [-0.1, -0.05) is 24.6 Å². The molecule has 0 aliphatic carbocycles. The van der Waals surface area contributed by atoms with Crippen molar-refractivity contribution in [3.63, 3.8) is 0 Å². The van der Waals surface area contributed by atoms with Crippen LogP contribution in [0.3, 0.4) is 0 Å². The number of hydrogen-bond donors (Lipinski definition) is 1. The summed E-state index contributed by atoms with van der Waals surface area (Å²) < 4.78 is 0. The van der Waals surface area contributed by atoms with Crippen LogP contribution >= 0.6 is 11.8 Å². The molecule has 0 aromatic heterocycles. The van der Waals surface area contributed by atoms with E-state index in [9.17, 15) is 0 Å². The Balaban J connectivity index is 2.75. The third-order valence-corrected chi connectivity index (χ3v) is 3.45. The Morgan fingerprint density at radius 2 is 1.71 bits per heavy atom. The summed E-state index contributed by atoms with van der Waals surface area (Å²) in [5.41, 5.74) is 4.14. The zero-order chi connectivity index (χ0) is 10.6. The minimum Gasteiger partial charge on any atom is -0.308 e. The summed E-state index contributed by atoms with van der Waals surface area (Å²) >= 11 is 1.90. The first kappa shape index (κ1) is 11.6. The Hall–Kier alpha value is -0.470. The zero-order valence-electron chi connectivity index (χ0n) is 9.48. The third-order valence-electron chi connectivity index (χ3n) is 2.17. The lowest BCUT2D eigenvalue weighted by molar-refractivity contribution is 0.839. The lowest BCUT2D eigenvalue weighted by atomic mass is 10.1. The second-order valence-electron chi connectivity index (χ2n) is 3.62. The molecule has 1 aromatic rings. The van der Waals surface area contributed by atoms with E-state index in [1.54, 1.807) is 0 Å². The molecule has 0 saturated carbocycles. The SMILES string of the molecule is CCNCSc1c(C)cc(C)cc1C. The second-order valence-corrected chi connectivity index (χ2v) is 4.61. The molecule has 0 atom stereocenters. The van der Waals surface area contributed by atoms with Gasteiger partial charge in [0.2, 0.25) is 0 Å². The van der Waals surface area contributed by atoms with Crippen molar-refractivity contribution in [1.82, 2.24) is 5.32 Å². The molecule has 0 unspecified atom stereocenters. The van der Waals surface area contributed by atoms with E-state index in [4.69, 9.17) is 0 Å². The smallest absolute Gasteiger partial charge is 0.0465 e. The summed E-state index contributed by atoms with van der Waals surface area (Å²) in [7, 11) is 0. The fraction of sp³-hybridized carbons (Fsp3) is 0.500. The van der Waals surface area contributed by atoms with Crippen molar-refractivity contribution in [2.75, 3.05) is 12.4 Å². The number of rotatable bonds is 4.